The molecule has 3 rings (SSSR count). The minimum atomic E-state index is 0.558. The van der Waals surface area contributed by atoms with Gasteiger partial charge in [-0.3, -0.25) is 4.68 Å². The van der Waals surface area contributed by atoms with Gasteiger partial charge in [-0.1, -0.05) is 12.8 Å². The first-order chi connectivity index (χ1) is 7.90. The maximum Gasteiger partial charge on any atom is 0.0887 e. The Morgan fingerprint density at radius 1 is 1.38 bits per heavy atom. The van der Waals surface area contributed by atoms with Gasteiger partial charge in [-0.15, -0.1) is 0 Å². The zero-order valence-electron chi connectivity index (χ0n) is 9.61. The zero-order valence-corrected chi connectivity index (χ0v) is 9.61. The van der Waals surface area contributed by atoms with Crippen LogP contribution in [-0.2, 0) is 24.3 Å². The van der Waals surface area contributed by atoms with E-state index in [-0.39, 0.29) is 0 Å². The van der Waals surface area contributed by atoms with Gasteiger partial charge in [0.2, 0.25) is 0 Å². The SMILES string of the molecule is NCc1nn(C2CCCC2)c2c1CCOC2. The summed E-state index contributed by atoms with van der Waals surface area (Å²) in [5.74, 6) is 0. The smallest absolute Gasteiger partial charge is 0.0887 e. The second-order valence-electron chi connectivity index (χ2n) is 4.76. The van der Waals surface area contributed by atoms with Crippen LogP contribution in [0.2, 0.25) is 0 Å². The minimum absolute atomic E-state index is 0.558. The van der Waals surface area contributed by atoms with Crippen LogP contribution in [0, 0.1) is 0 Å². The van der Waals surface area contributed by atoms with Gasteiger partial charge in [-0.05, 0) is 19.3 Å². The predicted molar refractivity (Wildman–Crippen MR) is 61.0 cm³/mol. The van der Waals surface area contributed by atoms with Gasteiger partial charge in [-0.25, -0.2) is 0 Å². The maximum absolute atomic E-state index is 5.77. The molecule has 1 aromatic heterocycles. The highest BCUT2D eigenvalue weighted by Crippen LogP contribution is 2.33. The molecule has 0 amide bonds. The molecule has 16 heavy (non-hydrogen) atoms. The van der Waals surface area contributed by atoms with Gasteiger partial charge in [0, 0.05) is 12.1 Å². The van der Waals surface area contributed by atoms with Crippen molar-refractivity contribution in [3.63, 3.8) is 0 Å². The van der Waals surface area contributed by atoms with Crippen molar-refractivity contribution in [3.8, 4) is 0 Å². The molecule has 0 spiro atoms. The highest BCUT2D eigenvalue weighted by molar-refractivity contribution is 5.28. The zero-order chi connectivity index (χ0) is 11.0. The van der Waals surface area contributed by atoms with Crippen molar-refractivity contribution in [2.75, 3.05) is 6.61 Å². The number of fused-ring (bicyclic) bond motifs is 1. The molecule has 1 aliphatic carbocycles. The Hall–Kier alpha value is -0.870. The van der Waals surface area contributed by atoms with Crippen LogP contribution in [0.1, 0.15) is 48.7 Å². The summed E-state index contributed by atoms with van der Waals surface area (Å²) in [6.07, 6.45) is 6.17. The molecular formula is C12H19N3O. The summed E-state index contributed by atoms with van der Waals surface area (Å²) in [6, 6.07) is 0.593. The van der Waals surface area contributed by atoms with E-state index >= 15 is 0 Å². The summed E-state index contributed by atoms with van der Waals surface area (Å²) < 4.78 is 7.76. The molecule has 1 fully saturated rings. The van der Waals surface area contributed by atoms with E-state index in [9.17, 15) is 0 Å². The lowest BCUT2D eigenvalue weighted by atomic mass is 10.1. The van der Waals surface area contributed by atoms with E-state index in [1.807, 2.05) is 0 Å². The van der Waals surface area contributed by atoms with Gasteiger partial charge >= 0.3 is 0 Å². The topological polar surface area (TPSA) is 53.1 Å². The summed E-state index contributed by atoms with van der Waals surface area (Å²) in [5.41, 5.74) is 9.51. The fourth-order valence-corrected chi connectivity index (χ4v) is 2.96. The number of aromatic nitrogens is 2. The number of ether oxygens (including phenoxy) is 1. The van der Waals surface area contributed by atoms with Gasteiger partial charge < -0.3 is 10.5 Å². The third kappa shape index (κ3) is 1.57. The van der Waals surface area contributed by atoms with Crippen molar-refractivity contribution >= 4 is 0 Å². The highest BCUT2D eigenvalue weighted by atomic mass is 16.5. The van der Waals surface area contributed by atoms with E-state index in [0.29, 0.717) is 12.6 Å². The Labute approximate surface area is 95.8 Å². The predicted octanol–water partition coefficient (Wildman–Crippen LogP) is 1.53. The first-order valence-corrected chi connectivity index (χ1v) is 6.27. The number of nitrogens with two attached hydrogens (primary N) is 1. The monoisotopic (exact) mass is 221 g/mol. The quantitative estimate of drug-likeness (QED) is 0.824. The highest BCUT2D eigenvalue weighted by Gasteiger charge is 2.26. The van der Waals surface area contributed by atoms with Crippen molar-refractivity contribution in [1.82, 2.24) is 9.78 Å². The molecule has 4 nitrogen and oxygen atoms in total. The summed E-state index contributed by atoms with van der Waals surface area (Å²) in [7, 11) is 0. The van der Waals surface area contributed by atoms with E-state index in [1.54, 1.807) is 0 Å². The molecule has 1 aromatic rings. The first-order valence-electron chi connectivity index (χ1n) is 6.27. The first kappa shape index (κ1) is 10.3. The number of nitrogens with zero attached hydrogens (tertiary/aromatic N) is 2. The molecule has 0 aromatic carbocycles. The Morgan fingerprint density at radius 3 is 2.94 bits per heavy atom. The van der Waals surface area contributed by atoms with Gasteiger partial charge in [0.1, 0.15) is 0 Å². The second kappa shape index (κ2) is 4.18. The van der Waals surface area contributed by atoms with E-state index in [2.05, 4.69) is 4.68 Å². The van der Waals surface area contributed by atoms with E-state index < -0.39 is 0 Å². The molecule has 2 N–H and O–H groups in total. The maximum atomic E-state index is 5.77. The van der Waals surface area contributed by atoms with Crippen LogP contribution in [0.15, 0.2) is 0 Å². The normalized spacial score (nSPS) is 21.3. The molecule has 1 saturated carbocycles. The van der Waals surface area contributed by atoms with Crippen molar-refractivity contribution < 1.29 is 4.74 Å². The average molecular weight is 221 g/mol. The van der Waals surface area contributed by atoms with Crippen LogP contribution >= 0.6 is 0 Å². The van der Waals surface area contributed by atoms with Crippen molar-refractivity contribution in [2.24, 2.45) is 5.73 Å². The molecule has 0 saturated heterocycles. The van der Waals surface area contributed by atoms with E-state index in [0.717, 1.165) is 25.3 Å². The Balaban J connectivity index is 2.00. The Bertz CT molecular complexity index is 380. The van der Waals surface area contributed by atoms with Gasteiger partial charge in [0.25, 0.3) is 0 Å². The summed E-state index contributed by atoms with van der Waals surface area (Å²) in [4.78, 5) is 0. The third-order valence-electron chi connectivity index (χ3n) is 3.80. The standard InChI is InChI=1S/C12H19N3O/c13-7-11-10-5-6-16-8-12(10)15(14-11)9-3-1-2-4-9/h9H,1-8,13H2. The van der Waals surface area contributed by atoms with Gasteiger partial charge in [0.05, 0.1) is 30.6 Å². The molecule has 1 aliphatic heterocycles. The molecule has 0 bridgehead atoms. The fourth-order valence-electron chi connectivity index (χ4n) is 2.96. The van der Waals surface area contributed by atoms with Crippen LogP contribution in [0.3, 0.4) is 0 Å². The average Bonchev–Trinajstić information content (AvgIpc) is 2.95. The van der Waals surface area contributed by atoms with Crippen molar-refractivity contribution in [1.29, 1.82) is 0 Å². The molecular weight excluding hydrogens is 202 g/mol. The lowest BCUT2D eigenvalue weighted by molar-refractivity contribution is 0.103. The Kier molecular flexibility index (Phi) is 2.69. The molecule has 88 valence electrons. The van der Waals surface area contributed by atoms with Crippen LogP contribution in [0.5, 0.6) is 0 Å². The summed E-state index contributed by atoms with van der Waals surface area (Å²) >= 11 is 0. The molecule has 0 unspecified atom stereocenters. The van der Waals surface area contributed by atoms with Crippen LogP contribution in [-0.4, -0.2) is 16.4 Å². The fraction of sp³-hybridized carbons (Fsp3) is 0.750. The Morgan fingerprint density at radius 2 is 2.19 bits per heavy atom. The largest absolute Gasteiger partial charge is 0.375 e. The lowest BCUT2D eigenvalue weighted by Gasteiger charge is -2.18. The number of rotatable bonds is 2. The van der Waals surface area contributed by atoms with Gasteiger partial charge in [-0.2, -0.15) is 5.10 Å². The molecule has 0 radical (unpaired) electrons. The van der Waals surface area contributed by atoms with Crippen molar-refractivity contribution in [2.45, 2.75) is 51.3 Å². The second-order valence-corrected chi connectivity index (χ2v) is 4.76. The van der Waals surface area contributed by atoms with Crippen LogP contribution in [0.25, 0.3) is 0 Å². The molecule has 0 atom stereocenters. The summed E-state index contributed by atoms with van der Waals surface area (Å²) in [6.45, 7) is 2.09. The minimum Gasteiger partial charge on any atom is -0.375 e. The molecule has 4 heteroatoms. The van der Waals surface area contributed by atoms with E-state index in [1.165, 1.54) is 36.9 Å². The van der Waals surface area contributed by atoms with Crippen LogP contribution in [0.4, 0.5) is 0 Å². The number of hydrogen-bond acceptors (Lipinski definition) is 3. The van der Waals surface area contributed by atoms with Crippen LogP contribution < -0.4 is 5.73 Å². The number of hydrogen-bond donors (Lipinski definition) is 1. The third-order valence-corrected chi connectivity index (χ3v) is 3.80. The summed E-state index contributed by atoms with van der Waals surface area (Å²) in [5, 5.41) is 4.70. The lowest BCUT2D eigenvalue weighted by Crippen LogP contribution is -2.16. The molecule has 2 aliphatic rings. The van der Waals surface area contributed by atoms with Crippen molar-refractivity contribution in [3.05, 3.63) is 17.0 Å². The van der Waals surface area contributed by atoms with Gasteiger partial charge in [0.15, 0.2) is 0 Å². The van der Waals surface area contributed by atoms with E-state index in [4.69, 9.17) is 15.6 Å². The molecule has 2 heterocycles.